The lowest BCUT2D eigenvalue weighted by Gasteiger charge is -2.04. The first-order chi connectivity index (χ1) is 9.51. The first-order valence-corrected chi connectivity index (χ1v) is 7.19. The van der Waals surface area contributed by atoms with Gasteiger partial charge in [0.15, 0.2) is 0 Å². The van der Waals surface area contributed by atoms with E-state index in [1.807, 2.05) is 38.1 Å². The average Bonchev–Trinajstić information content (AvgIpc) is 2.45. The second kappa shape index (κ2) is 7.59. The summed E-state index contributed by atoms with van der Waals surface area (Å²) >= 11 is 0. The van der Waals surface area contributed by atoms with Gasteiger partial charge >= 0.3 is 0 Å². The smallest absolute Gasteiger partial charge is 0.0376 e. The van der Waals surface area contributed by atoms with Gasteiger partial charge in [-0.05, 0) is 48.9 Å². The van der Waals surface area contributed by atoms with Crippen LogP contribution in [0.1, 0.15) is 36.1 Å². The molecular weight excluding hydrogens is 244 g/mol. The lowest BCUT2D eigenvalue weighted by Crippen LogP contribution is -1.94. The van der Waals surface area contributed by atoms with Crippen LogP contribution in [0.2, 0.25) is 0 Å². The number of nitrogen functional groups attached to an aromatic ring is 2. The lowest BCUT2D eigenvalue weighted by atomic mass is 10.1. The van der Waals surface area contributed by atoms with E-state index in [1.54, 1.807) is 0 Å². The van der Waals surface area contributed by atoms with Crippen LogP contribution in [-0.2, 0) is 12.8 Å². The molecule has 2 aromatic rings. The number of rotatable bonds is 2. The number of para-hydroxylation sites is 2. The predicted molar refractivity (Wildman–Crippen MR) is 89.9 cm³/mol. The third kappa shape index (κ3) is 4.02. The Bertz CT molecular complexity index is 508. The Labute approximate surface area is 122 Å². The highest BCUT2D eigenvalue weighted by Gasteiger charge is 1.97. The molecule has 0 unspecified atom stereocenters. The van der Waals surface area contributed by atoms with Gasteiger partial charge in [-0.25, -0.2) is 0 Å². The van der Waals surface area contributed by atoms with Crippen LogP contribution in [0.3, 0.4) is 0 Å². The fourth-order valence-electron chi connectivity index (χ4n) is 2.10. The summed E-state index contributed by atoms with van der Waals surface area (Å²) in [7, 11) is 0. The third-order valence-electron chi connectivity index (χ3n) is 3.59. The predicted octanol–water partition coefficient (Wildman–Crippen LogP) is 4.28. The fourth-order valence-corrected chi connectivity index (χ4v) is 2.10. The van der Waals surface area contributed by atoms with Gasteiger partial charge in [-0.2, -0.15) is 0 Å². The Kier molecular flexibility index (Phi) is 6.10. The number of benzene rings is 2. The highest BCUT2D eigenvalue weighted by molar-refractivity contribution is 5.53. The van der Waals surface area contributed by atoms with Crippen molar-refractivity contribution in [2.75, 3.05) is 11.5 Å². The largest absolute Gasteiger partial charge is 0.398 e. The summed E-state index contributed by atoms with van der Waals surface area (Å²) in [6.07, 6.45) is 2.04. The molecule has 0 spiro atoms. The maximum atomic E-state index is 5.79. The van der Waals surface area contributed by atoms with Crippen molar-refractivity contribution in [2.24, 2.45) is 0 Å². The monoisotopic (exact) mass is 270 g/mol. The molecule has 0 bridgehead atoms. The van der Waals surface area contributed by atoms with Crippen molar-refractivity contribution in [3.8, 4) is 0 Å². The van der Waals surface area contributed by atoms with Gasteiger partial charge in [0, 0.05) is 11.4 Å². The van der Waals surface area contributed by atoms with Crippen LogP contribution < -0.4 is 11.5 Å². The van der Waals surface area contributed by atoms with Crippen molar-refractivity contribution in [3.63, 3.8) is 0 Å². The van der Waals surface area contributed by atoms with Gasteiger partial charge in [0.25, 0.3) is 0 Å². The van der Waals surface area contributed by atoms with E-state index in [9.17, 15) is 0 Å². The number of nitrogens with two attached hydrogens (primary N) is 2. The normalized spacial score (nSPS) is 9.80. The molecule has 0 heterocycles. The van der Waals surface area contributed by atoms with Gasteiger partial charge in [-0.3, -0.25) is 0 Å². The summed E-state index contributed by atoms with van der Waals surface area (Å²) in [5.74, 6) is 0. The Morgan fingerprint density at radius 3 is 1.30 bits per heavy atom. The lowest BCUT2D eigenvalue weighted by molar-refractivity contribution is 1.14. The minimum atomic E-state index is 0.949. The molecule has 4 N–H and O–H groups in total. The zero-order valence-electron chi connectivity index (χ0n) is 13.0. The molecule has 0 atom stereocenters. The molecular formula is C18H26N2. The first-order valence-electron chi connectivity index (χ1n) is 7.19. The van der Waals surface area contributed by atoms with Crippen molar-refractivity contribution < 1.29 is 0 Å². The minimum Gasteiger partial charge on any atom is -0.398 e. The van der Waals surface area contributed by atoms with Crippen LogP contribution in [0, 0.1) is 13.8 Å². The third-order valence-corrected chi connectivity index (χ3v) is 3.59. The summed E-state index contributed by atoms with van der Waals surface area (Å²) in [4.78, 5) is 0. The van der Waals surface area contributed by atoms with Crippen LogP contribution in [0.5, 0.6) is 0 Å². The Morgan fingerprint density at radius 2 is 1.05 bits per heavy atom. The van der Waals surface area contributed by atoms with Crippen molar-refractivity contribution >= 4 is 11.4 Å². The number of hydrogen-bond donors (Lipinski definition) is 2. The fraction of sp³-hybridized carbons (Fsp3) is 0.333. The van der Waals surface area contributed by atoms with E-state index < -0.39 is 0 Å². The minimum absolute atomic E-state index is 0.949. The molecule has 0 saturated carbocycles. The molecule has 2 heteroatoms. The maximum Gasteiger partial charge on any atom is 0.0376 e. The van der Waals surface area contributed by atoms with Gasteiger partial charge in [-0.1, -0.05) is 50.2 Å². The van der Waals surface area contributed by atoms with Crippen LogP contribution in [0.25, 0.3) is 0 Å². The van der Waals surface area contributed by atoms with E-state index in [0.717, 1.165) is 24.2 Å². The molecule has 0 saturated heterocycles. The highest BCUT2D eigenvalue weighted by Crippen LogP contribution is 2.16. The second-order valence-corrected chi connectivity index (χ2v) is 5.00. The summed E-state index contributed by atoms with van der Waals surface area (Å²) < 4.78 is 0. The molecule has 0 fully saturated rings. The molecule has 0 radical (unpaired) electrons. The number of anilines is 2. The zero-order valence-corrected chi connectivity index (χ0v) is 13.0. The van der Waals surface area contributed by atoms with E-state index in [4.69, 9.17) is 11.5 Å². The Hall–Kier alpha value is -1.96. The molecule has 20 heavy (non-hydrogen) atoms. The summed E-state index contributed by atoms with van der Waals surface area (Å²) in [5.41, 5.74) is 18.3. The van der Waals surface area contributed by atoms with Crippen LogP contribution in [0.4, 0.5) is 11.4 Å². The SMILES string of the molecule is CCc1cccc(C)c1N.CCc1cccc(C)c1N. The Morgan fingerprint density at radius 1 is 0.700 bits per heavy atom. The maximum absolute atomic E-state index is 5.79. The van der Waals surface area contributed by atoms with Crippen molar-refractivity contribution in [1.82, 2.24) is 0 Å². The van der Waals surface area contributed by atoms with E-state index in [1.165, 1.54) is 22.3 Å². The van der Waals surface area contributed by atoms with Gasteiger partial charge in [0.2, 0.25) is 0 Å². The van der Waals surface area contributed by atoms with Gasteiger partial charge < -0.3 is 11.5 Å². The first kappa shape index (κ1) is 16.1. The van der Waals surface area contributed by atoms with Crippen molar-refractivity contribution in [1.29, 1.82) is 0 Å². The molecule has 0 aliphatic heterocycles. The number of aryl methyl sites for hydroxylation is 4. The summed E-state index contributed by atoms with van der Waals surface area (Å²) in [6, 6.07) is 12.3. The Balaban J connectivity index is 0.000000200. The quantitative estimate of drug-likeness (QED) is 0.800. The zero-order chi connectivity index (χ0) is 15.1. The molecule has 0 aliphatic rings. The second-order valence-electron chi connectivity index (χ2n) is 5.00. The van der Waals surface area contributed by atoms with Crippen molar-refractivity contribution in [2.45, 2.75) is 40.5 Å². The number of hydrogen-bond acceptors (Lipinski definition) is 2. The standard InChI is InChI=1S/2C9H13N/c2*1-3-8-6-4-5-7(2)9(8)10/h2*4-6H,3,10H2,1-2H3. The van der Waals surface area contributed by atoms with E-state index in [2.05, 4.69) is 26.0 Å². The van der Waals surface area contributed by atoms with Crippen LogP contribution in [-0.4, -0.2) is 0 Å². The van der Waals surface area contributed by atoms with E-state index >= 15 is 0 Å². The molecule has 2 nitrogen and oxygen atoms in total. The van der Waals surface area contributed by atoms with E-state index in [0.29, 0.717) is 0 Å². The molecule has 2 aromatic carbocycles. The van der Waals surface area contributed by atoms with E-state index in [-0.39, 0.29) is 0 Å². The molecule has 0 aliphatic carbocycles. The molecule has 108 valence electrons. The summed E-state index contributed by atoms with van der Waals surface area (Å²) in [5, 5.41) is 0. The van der Waals surface area contributed by atoms with Gasteiger partial charge in [0.05, 0.1) is 0 Å². The van der Waals surface area contributed by atoms with Gasteiger partial charge in [-0.15, -0.1) is 0 Å². The average molecular weight is 270 g/mol. The van der Waals surface area contributed by atoms with Crippen LogP contribution >= 0.6 is 0 Å². The van der Waals surface area contributed by atoms with Crippen molar-refractivity contribution in [3.05, 3.63) is 58.7 Å². The molecule has 2 rings (SSSR count). The molecule has 0 aromatic heterocycles. The highest BCUT2D eigenvalue weighted by atomic mass is 14.6. The van der Waals surface area contributed by atoms with Gasteiger partial charge in [0.1, 0.15) is 0 Å². The molecule has 0 amide bonds. The summed E-state index contributed by atoms with van der Waals surface area (Å²) in [6.45, 7) is 8.30. The topological polar surface area (TPSA) is 52.0 Å². The van der Waals surface area contributed by atoms with Crippen LogP contribution in [0.15, 0.2) is 36.4 Å².